The number of nitrogen functional groups attached to an aromatic ring is 1. The highest BCUT2D eigenvalue weighted by Gasteiger charge is 2.10. The summed E-state index contributed by atoms with van der Waals surface area (Å²) in [7, 11) is 0. The molecule has 0 aromatic heterocycles. The van der Waals surface area contributed by atoms with Gasteiger partial charge < -0.3 is 10.5 Å². The van der Waals surface area contributed by atoms with Gasteiger partial charge in [0.05, 0.1) is 19.7 Å². The SMILES string of the molecule is CCOC(=O)CNCC(=O)c1cc(I)ccc1N. The van der Waals surface area contributed by atoms with Crippen LogP contribution in [0, 0.1) is 3.57 Å². The molecule has 0 bridgehead atoms. The number of rotatable bonds is 6. The fraction of sp³-hybridized carbons (Fsp3) is 0.333. The van der Waals surface area contributed by atoms with Crippen LogP contribution in [0.15, 0.2) is 18.2 Å². The number of anilines is 1. The number of hydrogen-bond donors (Lipinski definition) is 2. The number of hydrogen-bond acceptors (Lipinski definition) is 5. The van der Waals surface area contributed by atoms with E-state index in [1.165, 1.54) is 0 Å². The minimum absolute atomic E-state index is 0.0173. The zero-order valence-electron chi connectivity index (χ0n) is 10.0. The molecule has 0 aliphatic rings. The van der Waals surface area contributed by atoms with E-state index < -0.39 is 0 Å². The summed E-state index contributed by atoms with van der Waals surface area (Å²) in [5.74, 6) is -0.517. The van der Waals surface area contributed by atoms with E-state index in [4.69, 9.17) is 10.5 Å². The van der Waals surface area contributed by atoms with Crippen LogP contribution in [-0.4, -0.2) is 31.4 Å². The van der Waals surface area contributed by atoms with Gasteiger partial charge in [0.2, 0.25) is 0 Å². The van der Waals surface area contributed by atoms with E-state index in [2.05, 4.69) is 27.9 Å². The second-order valence-corrected chi connectivity index (χ2v) is 4.81. The summed E-state index contributed by atoms with van der Waals surface area (Å²) >= 11 is 2.11. The molecule has 0 amide bonds. The number of carbonyl (C=O) groups excluding carboxylic acids is 2. The molecule has 0 aliphatic carbocycles. The molecule has 0 atom stereocenters. The maximum absolute atomic E-state index is 11.9. The van der Waals surface area contributed by atoms with Crippen LogP contribution < -0.4 is 11.1 Å². The first-order chi connectivity index (χ1) is 8.54. The number of ether oxygens (including phenoxy) is 1. The minimum atomic E-state index is -0.374. The van der Waals surface area contributed by atoms with E-state index >= 15 is 0 Å². The fourth-order valence-electron chi connectivity index (χ4n) is 1.36. The first-order valence-corrected chi connectivity index (χ1v) is 6.57. The second-order valence-electron chi connectivity index (χ2n) is 3.56. The summed E-state index contributed by atoms with van der Waals surface area (Å²) in [5.41, 5.74) is 6.64. The van der Waals surface area contributed by atoms with Crippen LogP contribution in [0.25, 0.3) is 0 Å². The Labute approximate surface area is 119 Å². The summed E-state index contributed by atoms with van der Waals surface area (Å²) in [6, 6.07) is 5.25. The van der Waals surface area contributed by atoms with Crippen molar-refractivity contribution >= 4 is 40.0 Å². The standard InChI is InChI=1S/C12H15IN2O3/c1-2-18-12(17)7-15-6-11(16)9-5-8(13)3-4-10(9)14/h3-5,15H,2,6-7,14H2,1H3. The van der Waals surface area contributed by atoms with Gasteiger partial charge in [-0.2, -0.15) is 0 Å². The molecular formula is C12H15IN2O3. The summed E-state index contributed by atoms with van der Waals surface area (Å²) in [6.07, 6.45) is 0. The van der Waals surface area contributed by atoms with Crippen LogP contribution in [0.4, 0.5) is 5.69 Å². The van der Waals surface area contributed by atoms with Gasteiger partial charge in [-0.1, -0.05) is 0 Å². The summed E-state index contributed by atoms with van der Waals surface area (Å²) in [4.78, 5) is 22.9. The maximum Gasteiger partial charge on any atom is 0.319 e. The summed E-state index contributed by atoms with van der Waals surface area (Å²) in [5, 5.41) is 2.73. The van der Waals surface area contributed by atoms with Gasteiger partial charge in [-0.25, -0.2) is 0 Å². The Balaban J connectivity index is 2.50. The normalized spacial score (nSPS) is 10.1. The predicted octanol–water partition coefficient (Wildman–Crippen LogP) is 1.21. The molecule has 1 rings (SSSR count). The van der Waals surface area contributed by atoms with E-state index in [0.717, 1.165) is 3.57 Å². The average molecular weight is 362 g/mol. The number of carbonyl (C=O) groups is 2. The lowest BCUT2D eigenvalue weighted by Crippen LogP contribution is -2.30. The molecule has 1 aromatic carbocycles. The van der Waals surface area contributed by atoms with Crippen LogP contribution in [0.1, 0.15) is 17.3 Å². The Morgan fingerprint density at radius 1 is 1.39 bits per heavy atom. The molecule has 0 fully saturated rings. The van der Waals surface area contributed by atoms with E-state index in [1.807, 2.05) is 6.07 Å². The third-order valence-corrected chi connectivity index (χ3v) is 2.85. The van der Waals surface area contributed by atoms with Gasteiger partial charge in [0.25, 0.3) is 0 Å². The van der Waals surface area contributed by atoms with Gasteiger partial charge >= 0.3 is 5.97 Å². The molecule has 0 saturated heterocycles. The van der Waals surface area contributed by atoms with Crippen LogP contribution >= 0.6 is 22.6 Å². The van der Waals surface area contributed by atoms with Crippen molar-refractivity contribution < 1.29 is 14.3 Å². The number of halogens is 1. The van der Waals surface area contributed by atoms with Gasteiger partial charge in [-0.05, 0) is 47.7 Å². The Morgan fingerprint density at radius 3 is 2.78 bits per heavy atom. The molecule has 98 valence electrons. The lowest BCUT2D eigenvalue weighted by Gasteiger charge is -2.07. The number of benzene rings is 1. The Morgan fingerprint density at radius 2 is 2.11 bits per heavy atom. The van der Waals surface area contributed by atoms with Crippen molar-refractivity contribution in [2.24, 2.45) is 0 Å². The highest BCUT2D eigenvalue weighted by molar-refractivity contribution is 14.1. The largest absolute Gasteiger partial charge is 0.465 e. The van der Waals surface area contributed by atoms with E-state index in [9.17, 15) is 9.59 Å². The predicted molar refractivity (Wildman–Crippen MR) is 77.4 cm³/mol. The van der Waals surface area contributed by atoms with Crippen molar-refractivity contribution in [3.8, 4) is 0 Å². The van der Waals surface area contributed by atoms with Gasteiger partial charge in [-0.15, -0.1) is 0 Å². The molecule has 3 N–H and O–H groups in total. The molecule has 0 spiro atoms. The zero-order chi connectivity index (χ0) is 13.5. The van der Waals surface area contributed by atoms with Crippen LogP contribution in [0.5, 0.6) is 0 Å². The highest BCUT2D eigenvalue weighted by Crippen LogP contribution is 2.15. The Bertz CT molecular complexity index is 449. The lowest BCUT2D eigenvalue weighted by molar-refractivity contribution is -0.141. The molecular weight excluding hydrogens is 347 g/mol. The quantitative estimate of drug-likeness (QED) is 0.344. The Hall–Kier alpha value is -1.15. The van der Waals surface area contributed by atoms with Crippen molar-refractivity contribution in [2.45, 2.75) is 6.92 Å². The molecule has 0 radical (unpaired) electrons. The van der Waals surface area contributed by atoms with E-state index in [1.54, 1.807) is 19.1 Å². The number of ketones is 1. The van der Waals surface area contributed by atoms with Crippen molar-refractivity contribution in [3.05, 3.63) is 27.3 Å². The molecule has 6 heteroatoms. The first-order valence-electron chi connectivity index (χ1n) is 5.49. The third kappa shape index (κ3) is 4.61. The number of nitrogens with two attached hydrogens (primary N) is 1. The highest BCUT2D eigenvalue weighted by atomic mass is 127. The van der Waals surface area contributed by atoms with Crippen molar-refractivity contribution in [2.75, 3.05) is 25.4 Å². The van der Waals surface area contributed by atoms with Crippen LogP contribution in [0.2, 0.25) is 0 Å². The number of nitrogens with one attached hydrogen (secondary N) is 1. The third-order valence-electron chi connectivity index (χ3n) is 2.18. The number of esters is 1. The smallest absolute Gasteiger partial charge is 0.319 e. The number of Topliss-reactive ketones (excluding diaryl/α,β-unsaturated/α-hetero) is 1. The van der Waals surface area contributed by atoms with Crippen molar-refractivity contribution in [1.29, 1.82) is 0 Å². The molecule has 5 nitrogen and oxygen atoms in total. The monoisotopic (exact) mass is 362 g/mol. The van der Waals surface area contributed by atoms with E-state index in [-0.39, 0.29) is 24.8 Å². The fourth-order valence-corrected chi connectivity index (χ4v) is 1.85. The topological polar surface area (TPSA) is 81.4 Å². The minimum Gasteiger partial charge on any atom is -0.465 e. The van der Waals surface area contributed by atoms with Gasteiger partial charge in [-0.3, -0.25) is 14.9 Å². The van der Waals surface area contributed by atoms with E-state index in [0.29, 0.717) is 17.9 Å². The van der Waals surface area contributed by atoms with Gasteiger partial charge in [0.1, 0.15) is 0 Å². The molecule has 0 saturated carbocycles. The molecule has 18 heavy (non-hydrogen) atoms. The molecule has 1 aromatic rings. The lowest BCUT2D eigenvalue weighted by atomic mass is 10.1. The average Bonchev–Trinajstić information content (AvgIpc) is 2.32. The first kappa shape index (κ1) is 14.9. The zero-order valence-corrected chi connectivity index (χ0v) is 12.2. The van der Waals surface area contributed by atoms with Crippen molar-refractivity contribution in [1.82, 2.24) is 5.32 Å². The maximum atomic E-state index is 11.9. The molecule has 0 heterocycles. The summed E-state index contributed by atoms with van der Waals surface area (Å²) < 4.78 is 5.67. The summed E-state index contributed by atoms with van der Waals surface area (Å²) in [6.45, 7) is 2.14. The Kier molecular flexibility index (Phi) is 6.06. The molecule has 0 aliphatic heterocycles. The molecule has 0 unspecified atom stereocenters. The van der Waals surface area contributed by atoms with Gasteiger partial charge in [0.15, 0.2) is 5.78 Å². The van der Waals surface area contributed by atoms with Crippen LogP contribution in [0.3, 0.4) is 0 Å². The van der Waals surface area contributed by atoms with Crippen LogP contribution in [-0.2, 0) is 9.53 Å². The second kappa shape index (κ2) is 7.32. The van der Waals surface area contributed by atoms with Gasteiger partial charge in [0, 0.05) is 14.8 Å². The van der Waals surface area contributed by atoms with Crippen molar-refractivity contribution in [3.63, 3.8) is 0 Å².